The zero-order valence-corrected chi connectivity index (χ0v) is 65.5. The number of ether oxygens (including phenoxy) is 4. The van der Waals surface area contributed by atoms with Crippen LogP contribution in [0.15, 0.2) is 0 Å². The second-order valence-corrected chi connectivity index (χ2v) is 32.9. The molecule has 0 aliphatic rings. The zero-order chi connectivity index (χ0) is 71.7. The van der Waals surface area contributed by atoms with Crippen LogP contribution in [0, 0.1) is 23.7 Å². The van der Waals surface area contributed by atoms with Crippen LogP contribution in [0.5, 0.6) is 0 Å². The summed E-state index contributed by atoms with van der Waals surface area (Å²) in [5, 5.41) is 10.6. The highest BCUT2D eigenvalue weighted by Gasteiger charge is 2.30. The number of aliphatic hydroxyl groups is 1. The van der Waals surface area contributed by atoms with Gasteiger partial charge in [0.1, 0.15) is 19.3 Å². The standard InChI is InChI=1S/C78H152O17P2/c1-68(2)54-46-38-30-25-21-17-13-11-9-10-12-14-19-23-27-33-44-52-60-77(82)94-73(64-88-75(80)58-50-42-35-29-32-40-48-56-70(5)6)66-92-96(84,85)90-62-72(79)63-91-97(86,87)93-67-74(65-89-76(81)59-51-43-37-36-41-49-57-71(7)8)95-78(83)61-53-45-34-28-24-20-16-15-18-22-26-31-39-47-55-69(3)4/h68-74,79H,9-67H2,1-8H3,(H,84,85)(H,86,87)/t72-,73-,74-/m1/s1. The van der Waals surface area contributed by atoms with Gasteiger partial charge >= 0.3 is 39.5 Å². The Labute approximate surface area is 594 Å². The predicted octanol–water partition coefficient (Wildman–Crippen LogP) is 22.8. The molecule has 0 aromatic heterocycles. The molecule has 5 atom stereocenters. The van der Waals surface area contributed by atoms with Gasteiger partial charge in [0.25, 0.3) is 0 Å². The van der Waals surface area contributed by atoms with Gasteiger partial charge in [-0.1, -0.05) is 344 Å². The van der Waals surface area contributed by atoms with E-state index in [4.69, 9.17) is 37.0 Å². The molecule has 576 valence electrons. The maximum Gasteiger partial charge on any atom is 0.472 e. The molecule has 0 aliphatic carbocycles. The maximum atomic E-state index is 13.1. The van der Waals surface area contributed by atoms with Gasteiger partial charge in [0.2, 0.25) is 0 Å². The van der Waals surface area contributed by atoms with Gasteiger partial charge in [-0.05, 0) is 49.4 Å². The minimum atomic E-state index is -4.96. The summed E-state index contributed by atoms with van der Waals surface area (Å²) >= 11 is 0. The quantitative estimate of drug-likeness (QED) is 0.0222. The molecule has 0 fully saturated rings. The summed E-state index contributed by atoms with van der Waals surface area (Å²) in [5.41, 5.74) is 0. The van der Waals surface area contributed by atoms with Crippen LogP contribution in [0.2, 0.25) is 0 Å². The van der Waals surface area contributed by atoms with E-state index in [9.17, 15) is 43.2 Å². The van der Waals surface area contributed by atoms with E-state index in [2.05, 4.69) is 55.4 Å². The van der Waals surface area contributed by atoms with Gasteiger partial charge in [-0.25, -0.2) is 9.13 Å². The highest BCUT2D eigenvalue weighted by molar-refractivity contribution is 7.47. The summed E-state index contributed by atoms with van der Waals surface area (Å²) < 4.78 is 68.5. The number of phosphoric ester groups is 2. The number of unbranched alkanes of at least 4 members (excludes halogenated alkanes) is 41. The summed E-state index contributed by atoms with van der Waals surface area (Å²) in [6, 6.07) is 0. The molecule has 0 amide bonds. The van der Waals surface area contributed by atoms with Gasteiger partial charge in [0.05, 0.1) is 26.4 Å². The van der Waals surface area contributed by atoms with Gasteiger partial charge in [-0.15, -0.1) is 0 Å². The van der Waals surface area contributed by atoms with Crippen LogP contribution in [0.3, 0.4) is 0 Å². The average molecular weight is 1420 g/mol. The number of rotatable bonds is 75. The van der Waals surface area contributed by atoms with Crippen molar-refractivity contribution < 1.29 is 80.2 Å². The second kappa shape index (κ2) is 67.2. The maximum absolute atomic E-state index is 13.1. The minimum absolute atomic E-state index is 0.106. The highest BCUT2D eigenvalue weighted by Crippen LogP contribution is 2.45. The smallest absolute Gasteiger partial charge is 0.462 e. The fourth-order valence-electron chi connectivity index (χ4n) is 11.9. The molecular formula is C78H152O17P2. The van der Waals surface area contributed by atoms with Gasteiger partial charge in [0.15, 0.2) is 12.2 Å². The fraction of sp³-hybridized carbons (Fsp3) is 0.949. The van der Waals surface area contributed by atoms with E-state index >= 15 is 0 Å². The summed E-state index contributed by atoms with van der Waals surface area (Å²) in [7, 11) is -9.91. The molecule has 0 spiro atoms. The van der Waals surface area contributed by atoms with Crippen LogP contribution < -0.4 is 0 Å². The van der Waals surface area contributed by atoms with Crippen molar-refractivity contribution in [3.63, 3.8) is 0 Å². The van der Waals surface area contributed by atoms with Gasteiger partial charge in [-0.3, -0.25) is 37.3 Å². The Balaban J connectivity index is 5.16. The van der Waals surface area contributed by atoms with Crippen LogP contribution >= 0.6 is 15.6 Å². The van der Waals surface area contributed by atoms with E-state index < -0.39 is 97.5 Å². The van der Waals surface area contributed by atoms with Crippen molar-refractivity contribution in [1.82, 2.24) is 0 Å². The number of phosphoric acid groups is 2. The molecule has 0 saturated heterocycles. The van der Waals surface area contributed by atoms with Gasteiger partial charge in [0, 0.05) is 25.7 Å². The first-order valence-electron chi connectivity index (χ1n) is 40.2. The summed E-state index contributed by atoms with van der Waals surface area (Å²) in [6.07, 6.45) is 53.1. The van der Waals surface area contributed by atoms with E-state index in [1.807, 2.05) is 0 Å². The monoisotopic (exact) mass is 1420 g/mol. The minimum Gasteiger partial charge on any atom is -0.462 e. The number of hydrogen-bond acceptors (Lipinski definition) is 15. The van der Waals surface area contributed by atoms with E-state index in [-0.39, 0.29) is 25.7 Å². The Morgan fingerprint density at radius 2 is 0.433 bits per heavy atom. The molecule has 19 heteroatoms. The second-order valence-electron chi connectivity index (χ2n) is 30.0. The van der Waals surface area contributed by atoms with E-state index in [0.717, 1.165) is 115 Å². The average Bonchev–Trinajstić information content (AvgIpc) is 0.970. The SMILES string of the molecule is CC(C)CCCCCCCCCCCCCCCCCCCCC(=O)O[C@H](COC(=O)CCCCCCCCCC(C)C)COP(=O)(O)OC[C@@H](O)COP(=O)(O)OC[C@@H](COC(=O)CCCCCCCCC(C)C)OC(=O)CCCCCCCCCCCCCCCCC(C)C. The Bertz CT molecular complexity index is 1900. The molecule has 97 heavy (non-hydrogen) atoms. The molecule has 0 bridgehead atoms. The number of aliphatic hydroxyl groups excluding tert-OH is 1. The van der Waals surface area contributed by atoms with E-state index in [1.54, 1.807) is 0 Å². The van der Waals surface area contributed by atoms with Crippen molar-refractivity contribution in [3.05, 3.63) is 0 Å². The molecule has 0 rings (SSSR count). The Kier molecular flexibility index (Phi) is 65.9. The van der Waals surface area contributed by atoms with Crippen molar-refractivity contribution in [1.29, 1.82) is 0 Å². The van der Waals surface area contributed by atoms with Gasteiger partial charge < -0.3 is 33.8 Å². The molecule has 0 saturated carbocycles. The third kappa shape index (κ3) is 72.2. The third-order valence-electron chi connectivity index (χ3n) is 18.1. The summed E-state index contributed by atoms with van der Waals surface area (Å²) in [4.78, 5) is 72.8. The molecule has 0 aromatic rings. The third-order valence-corrected chi connectivity index (χ3v) is 20.0. The lowest BCUT2D eigenvalue weighted by molar-refractivity contribution is -0.161. The van der Waals surface area contributed by atoms with Crippen molar-refractivity contribution in [2.45, 2.75) is 414 Å². The van der Waals surface area contributed by atoms with E-state index in [1.165, 1.54) is 186 Å². The normalized spacial score (nSPS) is 14.1. The largest absolute Gasteiger partial charge is 0.472 e. The van der Waals surface area contributed by atoms with Crippen LogP contribution in [0.1, 0.15) is 396 Å². The van der Waals surface area contributed by atoms with Gasteiger partial charge in [-0.2, -0.15) is 0 Å². The van der Waals surface area contributed by atoms with E-state index in [0.29, 0.717) is 37.5 Å². The number of carbonyl (C=O) groups excluding carboxylic acids is 4. The molecule has 0 aliphatic heterocycles. The van der Waals surface area contributed by atoms with Crippen LogP contribution in [-0.4, -0.2) is 96.7 Å². The number of esters is 4. The summed E-state index contributed by atoms with van der Waals surface area (Å²) in [5.74, 6) is 0.878. The molecular weight excluding hydrogens is 1270 g/mol. The summed E-state index contributed by atoms with van der Waals surface area (Å²) in [6.45, 7) is 14.1. The fourth-order valence-corrected chi connectivity index (χ4v) is 13.5. The molecule has 2 unspecified atom stereocenters. The number of hydrogen-bond donors (Lipinski definition) is 3. The van der Waals surface area contributed by atoms with Crippen LogP contribution in [0.4, 0.5) is 0 Å². The molecule has 17 nitrogen and oxygen atoms in total. The van der Waals surface area contributed by atoms with Crippen LogP contribution in [-0.2, 0) is 65.4 Å². The van der Waals surface area contributed by atoms with Crippen molar-refractivity contribution >= 4 is 39.5 Å². The van der Waals surface area contributed by atoms with Crippen LogP contribution in [0.25, 0.3) is 0 Å². The lowest BCUT2D eigenvalue weighted by Gasteiger charge is -2.21. The van der Waals surface area contributed by atoms with Crippen molar-refractivity contribution in [2.24, 2.45) is 23.7 Å². The molecule has 3 N–H and O–H groups in total. The Morgan fingerprint density at radius 1 is 0.258 bits per heavy atom. The number of carbonyl (C=O) groups is 4. The van der Waals surface area contributed by atoms with Crippen molar-refractivity contribution in [3.8, 4) is 0 Å². The molecule has 0 radical (unpaired) electrons. The first-order chi connectivity index (χ1) is 46.6. The lowest BCUT2D eigenvalue weighted by atomic mass is 10.0. The topological polar surface area (TPSA) is 237 Å². The zero-order valence-electron chi connectivity index (χ0n) is 63.7. The Hall–Kier alpha value is -1.94. The molecule has 0 aromatic carbocycles. The van der Waals surface area contributed by atoms with Crippen molar-refractivity contribution in [2.75, 3.05) is 39.6 Å². The lowest BCUT2D eigenvalue weighted by Crippen LogP contribution is -2.30. The molecule has 0 heterocycles. The highest BCUT2D eigenvalue weighted by atomic mass is 31.2. The Morgan fingerprint density at radius 3 is 0.639 bits per heavy atom. The first-order valence-corrected chi connectivity index (χ1v) is 43.2. The predicted molar refractivity (Wildman–Crippen MR) is 395 cm³/mol. The first kappa shape index (κ1) is 95.1.